The average molecular weight is 268 g/mol. The molecule has 18 heavy (non-hydrogen) atoms. The number of hydrogen-bond acceptors (Lipinski definition) is 3. The van der Waals surface area contributed by atoms with Crippen LogP contribution in [0.5, 0.6) is 5.75 Å². The lowest BCUT2D eigenvalue weighted by molar-refractivity contribution is -0.121. The molecule has 0 N–H and O–H groups in total. The number of Topliss-reactive ketones (excluding diaryl/α,β-unsaturated/α-hetero) is 1. The number of hydrogen-bond donors (Lipinski definition) is 0. The van der Waals surface area contributed by atoms with Crippen LogP contribution < -0.4 is 4.74 Å². The van der Waals surface area contributed by atoms with Gasteiger partial charge in [0.2, 0.25) is 0 Å². The van der Waals surface area contributed by atoms with Gasteiger partial charge in [-0.3, -0.25) is 9.69 Å². The lowest BCUT2D eigenvalue weighted by Gasteiger charge is -2.25. The smallest absolute Gasteiger partial charge is 0.138 e. The monoisotopic (exact) mass is 267 g/mol. The fraction of sp³-hybridized carbons (Fsp3) is 0.500. The van der Waals surface area contributed by atoms with E-state index >= 15 is 0 Å². The number of carbonyl (C=O) groups is 1. The maximum Gasteiger partial charge on any atom is 0.138 e. The Labute approximate surface area is 113 Å². The van der Waals surface area contributed by atoms with Crippen LogP contribution in [0.3, 0.4) is 0 Å². The highest BCUT2D eigenvalue weighted by molar-refractivity contribution is 6.32. The number of nitrogens with zero attached hydrogens (tertiary/aromatic N) is 1. The maximum atomic E-state index is 11.1. The van der Waals surface area contributed by atoms with Gasteiger partial charge in [0.05, 0.1) is 5.02 Å². The van der Waals surface area contributed by atoms with Crippen molar-refractivity contribution in [2.24, 2.45) is 0 Å². The second-order valence-corrected chi connectivity index (χ2v) is 5.07. The van der Waals surface area contributed by atoms with Crippen LogP contribution >= 0.6 is 11.6 Å². The van der Waals surface area contributed by atoms with E-state index in [9.17, 15) is 4.79 Å². The predicted molar refractivity (Wildman–Crippen MR) is 72.4 cm³/mol. The first-order valence-corrected chi connectivity index (χ1v) is 6.66. The molecule has 0 atom stereocenters. The third-order valence-electron chi connectivity index (χ3n) is 3.17. The quantitative estimate of drug-likeness (QED) is 0.840. The summed E-state index contributed by atoms with van der Waals surface area (Å²) in [6, 6.07) is 5.76. The van der Waals surface area contributed by atoms with E-state index < -0.39 is 0 Å². The number of carbonyl (C=O) groups excluding carboxylic acids is 1. The van der Waals surface area contributed by atoms with Crippen LogP contribution in [0.2, 0.25) is 5.02 Å². The number of ketones is 1. The van der Waals surface area contributed by atoms with Crippen molar-refractivity contribution in [2.75, 3.05) is 26.2 Å². The van der Waals surface area contributed by atoms with Gasteiger partial charge in [-0.2, -0.15) is 0 Å². The molecule has 0 aliphatic carbocycles. The van der Waals surface area contributed by atoms with Crippen molar-refractivity contribution in [3.63, 3.8) is 0 Å². The number of aryl methyl sites for hydroxylation is 1. The van der Waals surface area contributed by atoms with Crippen LogP contribution in [0.1, 0.15) is 18.4 Å². The summed E-state index contributed by atoms with van der Waals surface area (Å²) < 4.78 is 5.69. The Bertz CT molecular complexity index is 424. The van der Waals surface area contributed by atoms with E-state index in [4.69, 9.17) is 16.3 Å². The minimum atomic E-state index is 0.369. The Morgan fingerprint density at radius 3 is 2.78 bits per heavy atom. The molecule has 0 radical (unpaired) electrons. The topological polar surface area (TPSA) is 29.5 Å². The molecule has 0 amide bonds. The van der Waals surface area contributed by atoms with E-state index in [1.54, 1.807) is 0 Å². The van der Waals surface area contributed by atoms with E-state index in [0.717, 1.165) is 30.9 Å². The highest BCUT2D eigenvalue weighted by Crippen LogP contribution is 2.25. The van der Waals surface area contributed by atoms with E-state index in [2.05, 4.69) is 4.90 Å². The third-order valence-corrected chi connectivity index (χ3v) is 3.48. The lowest BCUT2D eigenvalue weighted by atomic mass is 10.1. The van der Waals surface area contributed by atoms with Crippen LogP contribution in [-0.4, -0.2) is 36.9 Å². The van der Waals surface area contributed by atoms with Crippen molar-refractivity contribution in [1.29, 1.82) is 0 Å². The largest absolute Gasteiger partial charge is 0.491 e. The molecule has 1 aromatic rings. The number of halogens is 1. The summed E-state index contributed by atoms with van der Waals surface area (Å²) >= 11 is 6.05. The van der Waals surface area contributed by atoms with Gasteiger partial charge in [0.15, 0.2) is 0 Å². The Hall–Kier alpha value is -1.06. The van der Waals surface area contributed by atoms with E-state index in [1.165, 1.54) is 0 Å². The number of rotatable bonds is 4. The predicted octanol–water partition coefficient (Wildman–Crippen LogP) is 2.69. The lowest BCUT2D eigenvalue weighted by Crippen LogP contribution is -2.36. The van der Waals surface area contributed by atoms with Crippen LogP contribution in [0.4, 0.5) is 0 Å². The van der Waals surface area contributed by atoms with Crippen LogP contribution in [-0.2, 0) is 4.79 Å². The van der Waals surface area contributed by atoms with Gasteiger partial charge in [-0.05, 0) is 24.6 Å². The number of piperidine rings is 1. The molecule has 1 saturated heterocycles. The fourth-order valence-electron chi connectivity index (χ4n) is 2.03. The van der Waals surface area contributed by atoms with E-state index in [1.807, 2.05) is 25.1 Å². The molecule has 1 aliphatic rings. The third kappa shape index (κ3) is 3.72. The van der Waals surface area contributed by atoms with Crippen molar-refractivity contribution in [1.82, 2.24) is 4.90 Å². The van der Waals surface area contributed by atoms with Gasteiger partial charge < -0.3 is 4.74 Å². The number of likely N-dealkylation sites (tertiary alicyclic amines) is 1. The minimum absolute atomic E-state index is 0.369. The second-order valence-electron chi connectivity index (χ2n) is 4.66. The molecule has 1 aromatic carbocycles. The maximum absolute atomic E-state index is 11.1. The van der Waals surface area contributed by atoms with Gasteiger partial charge >= 0.3 is 0 Å². The first-order valence-electron chi connectivity index (χ1n) is 6.28. The van der Waals surface area contributed by atoms with Gasteiger partial charge in [0.25, 0.3) is 0 Å². The zero-order chi connectivity index (χ0) is 13.0. The summed E-state index contributed by atoms with van der Waals surface area (Å²) in [5.41, 5.74) is 1.14. The molecule has 4 heteroatoms. The fourth-order valence-corrected chi connectivity index (χ4v) is 2.20. The van der Waals surface area contributed by atoms with E-state index in [-0.39, 0.29) is 0 Å². The van der Waals surface area contributed by atoms with Crippen LogP contribution in [0, 0.1) is 6.92 Å². The summed E-state index contributed by atoms with van der Waals surface area (Å²) in [5.74, 6) is 1.11. The molecule has 0 saturated carbocycles. The first-order chi connectivity index (χ1) is 8.65. The zero-order valence-corrected chi connectivity index (χ0v) is 11.4. The summed E-state index contributed by atoms with van der Waals surface area (Å²) in [7, 11) is 0. The van der Waals surface area contributed by atoms with Crippen molar-refractivity contribution in [2.45, 2.75) is 19.8 Å². The number of benzene rings is 1. The zero-order valence-electron chi connectivity index (χ0n) is 10.6. The Morgan fingerprint density at radius 1 is 1.33 bits per heavy atom. The van der Waals surface area contributed by atoms with Crippen molar-refractivity contribution >= 4 is 17.4 Å². The molecular formula is C14H18ClNO2. The van der Waals surface area contributed by atoms with Crippen molar-refractivity contribution in [3.8, 4) is 5.75 Å². The van der Waals surface area contributed by atoms with Crippen LogP contribution in [0.25, 0.3) is 0 Å². The molecule has 2 rings (SSSR count). The van der Waals surface area contributed by atoms with Crippen molar-refractivity contribution in [3.05, 3.63) is 28.8 Å². The average Bonchev–Trinajstić information content (AvgIpc) is 2.36. The first kappa shape index (κ1) is 13.4. The molecule has 1 aliphatic heterocycles. The molecule has 0 unspecified atom stereocenters. The molecule has 0 bridgehead atoms. The Balaban J connectivity index is 1.78. The summed E-state index contributed by atoms with van der Waals surface area (Å²) in [5, 5.41) is 0.648. The number of ether oxygens (including phenoxy) is 1. The van der Waals surface area contributed by atoms with E-state index in [0.29, 0.717) is 30.3 Å². The second kappa shape index (κ2) is 6.21. The normalized spacial score (nSPS) is 16.9. The Morgan fingerprint density at radius 2 is 2.06 bits per heavy atom. The Kier molecular flexibility index (Phi) is 4.61. The summed E-state index contributed by atoms with van der Waals surface area (Å²) in [6.07, 6.45) is 1.34. The highest BCUT2D eigenvalue weighted by Gasteiger charge is 2.15. The molecule has 1 fully saturated rings. The van der Waals surface area contributed by atoms with Crippen molar-refractivity contribution < 1.29 is 9.53 Å². The molecule has 1 heterocycles. The van der Waals surface area contributed by atoms with Gasteiger partial charge in [-0.25, -0.2) is 0 Å². The summed E-state index contributed by atoms with van der Waals surface area (Å²) in [4.78, 5) is 13.4. The summed E-state index contributed by atoms with van der Waals surface area (Å²) in [6.45, 7) is 5.17. The van der Waals surface area contributed by atoms with Gasteiger partial charge in [-0.15, -0.1) is 0 Å². The SMILES string of the molecule is Cc1ccc(Cl)c(OCCN2CCC(=O)CC2)c1. The van der Waals surface area contributed by atoms with Gasteiger partial charge in [-0.1, -0.05) is 17.7 Å². The van der Waals surface area contributed by atoms with Gasteiger partial charge in [0.1, 0.15) is 18.1 Å². The molecule has 0 spiro atoms. The molecule has 3 nitrogen and oxygen atoms in total. The molecule has 0 aromatic heterocycles. The van der Waals surface area contributed by atoms with Gasteiger partial charge in [0, 0.05) is 32.5 Å². The highest BCUT2D eigenvalue weighted by atomic mass is 35.5. The standard InChI is InChI=1S/C14H18ClNO2/c1-11-2-3-13(15)14(10-11)18-9-8-16-6-4-12(17)5-7-16/h2-3,10H,4-9H2,1H3. The molecule has 98 valence electrons. The molecular weight excluding hydrogens is 250 g/mol. The van der Waals surface area contributed by atoms with Crippen LogP contribution in [0.15, 0.2) is 18.2 Å². The minimum Gasteiger partial charge on any atom is -0.491 e.